The van der Waals surface area contributed by atoms with Gasteiger partial charge in [0.15, 0.2) is 0 Å². The molecule has 1 saturated heterocycles. The Morgan fingerprint density at radius 2 is 1.79 bits per heavy atom. The maximum atomic E-state index is 9.64. The van der Waals surface area contributed by atoms with Crippen molar-refractivity contribution >= 4 is 46.4 Å². The molecule has 10 heteroatoms. The molecule has 1 atom stereocenters. The van der Waals surface area contributed by atoms with E-state index < -0.39 is 11.9 Å². The number of methoxy groups -OCH3 is 1. The first-order valence-electron chi connectivity index (χ1n) is 12.8. The maximum absolute atomic E-state index is 9.64. The molecule has 0 spiro atoms. The summed E-state index contributed by atoms with van der Waals surface area (Å²) in [5.74, 6) is -0.671. The highest BCUT2D eigenvalue weighted by Gasteiger charge is 2.29. The molecule has 0 amide bonds. The van der Waals surface area contributed by atoms with Crippen molar-refractivity contribution in [3.05, 3.63) is 52.5 Å². The molecule has 2 aliphatic heterocycles. The third-order valence-corrected chi connectivity index (χ3v) is 6.93. The number of ether oxygens (including phenoxy) is 1. The Morgan fingerprint density at radius 1 is 1.11 bits per heavy atom. The van der Waals surface area contributed by atoms with Gasteiger partial charge < -0.3 is 25.2 Å². The minimum atomic E-state index is -1.08. The van der Waals surface area contributed by atoms with E-state index in [-0.39, 0.29) is 12.8 Å². The first-order valence-corrected chi connectivity index (χ1v) is 13.1. The summed E-state index contributed by atoms with van der Waals surface area (Å²) in [5.41, 5.74) is 5.43. The van der Waals surface area contributed by atoms with Gasteiger partial charge in [-0.3, -0.25) is 14.5 Å². The molecule has 3 N–H and O–H groups in total. The van der Waals surface area contributed by atoms with Gasteiger partial charge in [0.1, 0.15) is 5.84 Å². The smallest absolute Gasteiger partial charge is 0.303 e. The Balaban J connectivity index is 0.000000436. The number of nitrogens with zero attached hydrogens (tertiary/aromatic N) is 3. The van der Waals surface area contributed by atoms with Crippen LogP contribution in [0.5, 0.6) is 0 Å². The lowest BCUT2D eigenvalue weighted by Crippen LogP contribution is -2.53. The summed E-state index contributed by atoms with van der Waals surface area (Å²) < 4.78 is 5.35. The van der Waals surface area contributed by atoms with Gasteiger partial charge >= 0.3 is 11.9 Å². The monoisotopic (exact) mass is 544 g/mol. The van der Waals surface area contributed by atoms with Gasteiger partial charge in [0.25, 0.3) is 0 Å². The zero-order valence-electron chi connectivity index (χ0n) is 22.4. The number of carboxylic acid groups (broad SMARTS) is 2. The molecule has 1 fully saturated rings. The number of hydrogen-bond donors (Lipinski definition) is 3. The van der Waals surface area contributed by atoms with Gasteiger partial charge in [0, 0.05) is 55.7 Å². The number of carboxylic acids is 2. The highest BCUT2D eigenvalue weighted by molar-refractivity contribution is 6.31. The van der Waals surface area contributed by atoms with E-state index in [1.165, 1.54) is 5.56 Å². The summed E-state index contributed by atoms with van der Waals surface area (Å²) in [6, 6.07) is 13.0. The second-order valence-corrected chi connectivity index (χ2v) is 10.3. The Bertz CT molecular complexity index is 1160. The van der Waals surface area contributed by atoms with Gasteiger partial charge in [0.2, 0.25) is 0 Å². The largest absolute Gasteiger partial charge is 0.481 e. The quantitative estimate of drug-likeness (QED) is 0.436. The fourth-order valence-electron chi connectivity index (χ4n) is 4.40. The molecule has 0 aromatic heterocycles. The van der Waals surface area contributed by atoms with E-state index in [1.54, 1.807) is 7.11 Å². The molecule has 206 valence electrons. The van der Waals surface area contributed by atoms with Crippen molar-refractivity contribution in [2.24, 2.45) is 4.99 Å². The molecule has 38 heavy (non-hydrogen) atoms. The Labute approximate surface area is 229 Å². The minimum Gasteiger partial charge on any atom is -0.481 e. The zero-order valence-corrected chi connectivity index (χ0v) is 23.2. The van der Waals surface area contributed by atoms with E-state index >= 15 is 0 Å². The van der Waals surface area contributed by atoms with E-state index in [9.17, 15) is 9.59 Å². The lowest BCUT2D eigenvalue weighted by molar-refractivity contribution is -0.143. The highest BCUT2D eigenvalue weighted by Crippen LogP contribution is 2.38. The van der Waals surface area contributed by atoms with Gasteiger partial charge in [-0.2, -0.15) is 0 Å². The standard InChI is InChI=1S/C24H31ClN4O.C4H6O4/c1-16(2)17-5-7-21-20(13-17)24(27-23-14-18(25)6-8-22(23)26-21)29-11-10-28(3)19(15-29)9-12-30-4;5-3(6)1-2-4(7)8/h5-8,13-14,16,19,26H,9-12,15H2,1-4H3;1-2H2,(H,5,6)(H,7,8)/t19-;/m0./s1. The average molecular weight is 545 g/mol. The summed E-state index contributed by atoms with van der Waals surface area (Å²) in [7, 11) is 3.97. The number of nitrogens with one attached hydrogen (secondary N) is 1. The second kappa shape index (κ2) is 13.6. The molecule has 4 rings (SSSR count). The van der Waals surface area contributed by atoms with Crippen molar-refractivity contribution in [2.75, 3.05) is 45.7 Å². The van der Waals surface area contributed by atoms with Gasteiger partial charge in [-0.15, -0.1) is 0 Å². The summed E-state index contributed by atoms with van der Waals surface area (Å²) in [6.07, 6.45) is 0.418. The van der Waals surface area contributed by atoms with Crippen LogP contribution in [-0.2, 0) is 14.3 Å². The third kappa shape index (κ3) is 7.93. The first kappa shape index (κ1) is 29.4. The number of benzene rings is 2. The molecule has 9 nitrogen and oxygen atoms in total. The van der Waals surface area contributed by atoms with Crippen LogP contribution >= 0.6 is 11.6 Å². The summed E-state index contributed by atoms with van der Waals surface area (Å²) >= 11 is 6.31. The number of likely N-dealkylation sites (N-methyl/N-ethyl adjacent to an activating group) is 1. The minimum absolute atomic E-state index is 0.296. The Hall–Kier alpha value is -3.14. The van der Waals surface area contributed by atoms with E-state index in [1.807, 2.05) is 18.2 Å². The highest BCUT2D eigenvalue weighted by atomic mass is 35.5. The molecule has 0 aliphatic carbocycles. The Kier molecular flexibility index (Phi) is 10.5. The van der Waals surface area contributed by atoms with E-state index in [2.05, 4.69) is 54.2 Å². The van der Waals surface area contributed by atoms with Crippen molar-refractivity contribution in [1.82, 2.24) is 9.80 Å². The van der Waals surface area contributed by atoms with Gasteiger partial charge in [-0.05, 0) is 55.3 Å². The van der Waals surface area contributed by atoms with E-state index in [4.69, 9.17) is 31.5 Å². The number of fused-ring (bicyclic) bond motifs is 2. The van der Waals surface area contributed by atoms with Crippen molar-refractivity contribution in [1.29, 1.82) is 0 Å². The number of aliphatic imine (C=N–C) groups is 1. The number of halogens is 1. The van der Waals surface area contributed by atoms with Crippen LogP contribution in [-0.4, -0.2) is 84.2 Å². The predicted molar refractivity (Wildman–Crippen MR) is 150 cm³/mol. The number of piperazine rings is 1. The molecule has 0 radical (unpaired) electrons. The summed E-state index contributed by atoms with van der Waals surface area (Å²) in [5, 5.41) is 20.1. The van der Waals surface area contributed by atoms with Crippen molar-refractivity contribution in [3.8, 4) is 0 Å². The van der Waals surface area contributed by atoms with Crippen LogP contribution in [0.25, 0.3) is 0 Å². The number of anilines is 2. The lowest BCUT2D eigenvalue weighted by Gasteiger charge is -2.41. The fourth-order valence-corrected chi connectivity index (χ4v) is 4.56. The van der Waals surface area contributed by atoms with Gasteiger partial charge in [-0.25, -0.2) is 4.99 Å². The fraction of sp³-hybridized carbons (Fsp3) is 0.464. The van der Waals surface area contributed by atoms with Crippen molar-refractivity contribution < 1.29 is 24.5 Å². The molecule has 0 unspecified atom stereocenters. The van der Waals surface area contributed by atoms with Crippen LogP contribution in [0.3, 0.4) is 0 Å². The maximum Gasteiger partial charge on any atom is 0.303 e. The van der Waals surface area contributed by atoms with Crippen LogP contribution in [0.15, 0.2) is 41.4 Å². The summed E-state index contributed by atoms with van der Waals surface area (Å²) in [6.45, 7) is 8.10. The van der Waals surface area contributed by atoms with Crippen LogP contribution in [0.2, 0.25) is 5.02 Å². The van der Waals surface area contributed by atoms with Gasteiger partial charge in [0.05, 0.1) is 24.2 Å². The van der Waals surface area contributed by atoms with Gasteiger partial charge in [-0.1, -0.05) is 31.5 Å². The molecule has 2 aromatic carbocycles. The molecule has 2 aromatic rings. The van der Waals surface area contributed by atoms with Crippen molar-refractivity contribution in [3.63, 3.8) is 0 Å². The predicted octanol–water partition coefficient (Wildman–Crippen LogP) is 5.19. The molecular formula is C28H37ClN4O5. The van der Waals surface area contributed by atoms with Crippen LogP contribution in [0, 0.1) is 0 Å². The van der Waals surface area contributed by atoms with Crippen LogP contribution in [0.4, 0.5) is 17.1 Å². The zero-order chi connectivity index (χ0) is 27.8. The Morgan fingerprint density at radius 3 is 2.42 bits per heavy atom. The lowest BCUT2D eigenvalue weighted by atomic mass is 9.98. The number of hydrogen-bond acceptors (Lipinski definition) is 7. The molecule has 2 heterocycles. The molecule has 2 aliphatic rings. The molecule has 0 bridgehead atoms. The first-order chi connectivity index (χ1) is 18.1. The number of rotatable bonds is 7. The topological polar surface area (TPSA) is 115 Å². The van der Waals surface area contributed by atoms with E-state index in [0.29, 0.717) is 17.0 Å². The normalized spacial score (nSPS) is 16.8. The van der Waals surface area contributed by atoms with E-state index in [0.717, 1.165) is 61.1 Å². The SMILES string of the molecule is COCC[C@H]1CN(C2=Nc3cc(Cl)ccc3Nc3ccc(C(C)C)cc32)CCN1C.O=C(O)CCC(=O)O. The summed E-state index contributed by atoms with van der Waals surface area (Å²) in [4.78, 5) is 29.3. The molecular weight excluding hydrogens is 508 g/mol. The number of carbonyl (C=O) groups is 2. The number of amidine groups is 1. The van der Waals surface area contributed by atoms with Crippen LogP contribution in [0.1, 0.15) is 50.2 Å². The average Bonchev–Trinajstić information content (AvgIpc) is 3.03. The molecule has 0 saturated carbocycles. The van der Waals surface area contributed by atoms with Crippen molar-refractivity contribution in [2.45, 2.75) is 45.1 Å². The van der Waals surface area contributed by atoms with Crippen LogP contribution < -0.4 is 5.32 Å². The third-order valence-electron chi connectivity index (χ3n) is 6.69. The number of aliphatic carboxylic acids is 2. The second-order valence-electron chi connectivity index (χ2n) is 9.83.